The number of piperidine rings is 1. The molecule has 3 atom stereocenters. The zero-order valence-corrected chi connectivity index (χ0v) is 35.6. The van der Waals surface area contributed by atoms with E-state index >= 15 is 0 Å². The first-order chi connectivity index (χ1) is 26.8. The predicted molar refractivity (Wildman–Crippen MR) is 220 cm³/mol. The number of hydrogen-bond acceptors (Lipinski definition) is 11. The number of nitrogens with two attached hydrogens (primary N) is 2. The van der Waals surface area contributed by atoms with Crippen LogP contribution in [0.25, 0.3) is 0 Å². The highest BCUT2D eigenvalue weighted by molar-refractivity contribution is 7.90. The molecular weight excluding hydrogens is 816 g/mol. The summed E-state index contributed by atoms with van der Waals surface area (Å²) >= 11 is 4.12. The number of likely N-dealkylation sites (tertiary alicyclic amines) is 1. The van der Waals surface area contributed by atoms with Gasteiger partial charge >= 0.3 is 0 Å². The average Bonchev–Trinajstić information content (AvgIpc) is 3.15. The molecular formula is C38H54Cl2N8O7S2. The Labute approximate surface area is 352 Å². The van der Waals surface area contributed by atoms with Crippen LogP contribution in [0.3, 0.4) is 0 Å². The van der Waals surface area contributed by atoms with E-state index in [-0.39, 0.29) is 66.0 Å². The maximum atomic E-state index is 13.3. The van der Waals surface area contributed by atoms with E-state index in [1.807, 2.05) is 48.5 Å². The Morgan fingerprint density at radius 2 is 1.32 bits per heavy atom. The maximum absolute atomic E-state index is 13.3. The number of aromatic nitrogens is 2. The molecule has 3 aromatic rings. The van der Waals surface area contributed by atoms with Crippen LogP contribution in [0.1, 0.15) is 47.3 Å². The van der Waals surface area contributed by atoms with E-state index < -0.39 is 28.3 Å². The van der Waals surface area contributed by atoms with Crippen molar-refractivity contribution in [1.29, 1.82) is 0 Å². The minimum absolute atomic E-state index is 0. The molecule has 0 radical (unpaired) electrons. The summed E-state index contributed by atoms with van der Waals surface area (Å²) in [7, 11) is 0. The van der Waals surface area contributed by atoms with Crippen LogP contribution < -0.4 is 49.3 Å². The first-order valence-electron chi connectivity index (χ1n) is 18.6. The lowest BCUT2D eigenvalue weighted by molar-refractivity contribution is -0.933. The van der Waals surface area contributed by atoms with Gasteiger partial charge in [-0.3, -0.25) is 14.4 Å². The van der Waals surface area contributed by atoms with Crippen molar-refractivity contribution in [3.63, 3.8) is 0 Å². The largest absolute Gasteiger partial charge is 1.00 e. The summed E-state index contributed by atoms with van der Waals surface area (Å²) in [4.78, 5) is 45.4. The number of nitrogens with zero attached hydrogens (tertiary/aromatic N) is 3. The number of carbonyl (C=O) groups is 3. The number of anilines is 2. The number of carbonyl (C=O) groups excluding carboxylic acids is 3. The lowest BCUT2D eigenvalue weighted by atomic mass is 9.99. The number of ether oxygens (including phenoxy) is 2. The van der Waals surface area contributed by atoms with Gasteiger partial charge in [-0.05, 0) is 61.1 Å². The molecule has 0 saturated carbocycles. The van der Waals surface area contributed by atoms with Gasteiger partial charge in [0.15, 0.2) is 35.7 Å². The second-order valence-electron chi connectivity index (χ2n) is 14.0. The monoisotopic (exact) mass is 868 g/mol. The summed E-state index contributed by atoms with van der Waals surface area (Å²) < 4.78 is 34.5. The fourth-order valence-corrected chi connectivity index (χ4v) is 7.54. The maximum Gasteiger partial charge on any atom is 0.274 e. The number of quaternary nitrogens is 1. The van der Waals surface area contributed by atoms with Crippen molar-refractivity contribution in [2.45, 2.75) is 44.6 Å². The van der Waals surface area contributed by atoms with Gasteiger partial charge in [0.25, 0.3) is 17.7 Å². The lowest BCUT2D eigenvalue weighted by Gasteiger charge is -2.45. The molecule has 19 heteroatoms. The van der Waals surface area contributed by atoms with Crippen molar-refractivity contribution in [3.8, 4) is 11.5 Å². The third kappa shape index (κ3) is 17.0. The Balaban J connectivity index is 0.00000870. The topological polar surface area (TPSA) is 230 Å². The van der Waals surface area contributed by atoms with E-state index in [1.54, 1.807) is 12.5 Å². The summed E-state index contributed by atoms with van der Waals surface area (Å²) in [5, 5.41) is 8.46. The fraction of sp³-hybridized carbons (Fsp3) is 0.500. The molecule has 1 fully saturated rings. The number of amides is 3. The zero-order chi connectivity index (χ0) is 40.5. The van der Waals surface area contributed by atoms with E-state index in [1.165, 1.54) is 0 Å². The van der Waals surface area contributed by atoms with Gasteiger partial charge in [-0.2, -0.15) is 0 Å². The number of benzene rings is 2. The lowest BCUT2D eigenvalue weighted by Crippen LogP contribution is -3.00. The van der Waals surface area contributed by atoms with Crippen LogP contribution in [0.5, 0.6) is 11.5 Å². The van der Waals surface area contributed by atoms with Crippen LogP contribution in [0.4, 0.5) is 11.6 Å². The number of aryl methyl sites for hydroxylation is 2. The molecule has 4 rings (SSSR count). The predicted octanol–water partition coefficient (Wildman–Crippen LogP) is -0.980. The minimum atomic E-state index is -0.969. The molecule has 1 aliphatic rings. The molecule has 3 amide bonds. The highest BCUT2D eigenvalue weighted by atomic mass is 35.5. The van der Waals surface area contributed by atoms with E-state index in [0.717, 1.165) is 80.3 Å². The van der Waals surface area contributed by atoms with E-state index in [2.05, 4.69) is 25.9 Å². The standard InChI is InChI=1S/C38H53ClN8O7S2.ClH/c1-55(51)22-17-42-32(48)25-53-30-13-9-27(10-14-30)6-3-19-47(21-5-8-29(24-47)44-38(50)34-36(40)46-37(41)35(39)45-34)20-4-7-28-11-15-31(16-12-28)54-26-33(49)43-18-23-56(2)52;/h9-16,29H,3-8,17-26H2,1-2H3,(H6-,40,41,42,43,44,46,48,49,50);1H/t29-,47?,55?,56?;/m0./s1. The second-order valence-corrected chi connectivity index (χ2v) is 17.4. The highest BCUT2D eigenvalue weighted by Gasteiger charge is 2.35. The van der Waals surface area contributed by atoms with Crippen molar-refractivity contribution in [3.05, 3.63) is 70.5 Å². The van der Waals surface area contributed by atoms with Crippen molar-refractivity contribution in [2.24, 2.45) is 0 Å². The van der Waals surface area contributed by atoms with Gasteiger partial charge in [0.05, 0.1) is 57.8 Å². The summed E-state index contributed by atoms with van der Waals surface area (Å²) in [6.45, 7) is 4.00. The Hall–Kier alpha value is -3.71. The van der Waals surface area contributed by atoms with E-state index in [9.17, 15) is 23.5 Å². The molecule has 2 unspecified atom stereocenters. The first kappa shape index (κ1) is 47.7. The van der Waals surface area contributed by atoms with Crippen molar-refractivity contribution < 1.29 is 49.9 Å². The third-order valence-electron chi connectivity index (χ3n) is 9.45. The van der Waals surface area contributed by atoms with Crippen molar-refractivity contribution in [1.82, 2.24) is 25.9 Å². The molecule has 0 spiro atoms. The summed E-state index contributed by atoms with van der Waals surface area (Å²) in [5.74, 6) is 0.943. The van der Waals surface area contributed by atoms with Gasteiger partial charge in [0, 0.05) is 12.8 Å². The third-order valence-corrected chi connectivity index (χ3v) is 11.3. The van der Waals surface area contributed by atoms with Gasteiger partial charge in [-0.15, -0.1) is 0 Å². The molecule has 0 aliphatic carbocycles. The summed E-state index contributed by atoms with van der Waals surface area (Å²) in [6, 6.07) is 15.4. The van der Waals surface area contributed by atoms with Crippen LogP contribution in [0, 0.1) is 0 Å². The number of nitrogens with one attached hydrogen (secondary N) is 3. The zero-order valence-electron chi connectivity index (χ0n) is 32.4. The molecule has 57 heavy (non-hydrogen) atoms. The summed E-state index contributed by atoms with van der Waals surface area (Å²) in [5.41, 5.74) is 14.0. The SMILES string of the molecule is C[S+]([O-])CCNC(=O)COc1ccc(CCC[N+]2(CCCc3ccc(OCC(=O)NCC[S+](C)[O-])cc3)CCC[C@H](NC(=O)c3nc(Cl)c(N)nc3N)C2)cc1.[Cl-]. The number of halogens is 2. The molecule has 1 aromatic heterocycles. The van der Waals surface area contributed by atoms with Crippen LogP contribution >= 0.6 is 11.6 Å². The van der Waals surface area contributed by atoms with Crippen LogP contribution in [-0.2, 0) is 44.8 Å². The molecule has 1 saturated heterocycles. The van der Waals surface area contributed by atoms with E-state index in [4.69, 9.17) is 32.5 Å². The average molecular weight is 870 g/mol. The summed E-state index contributed by atoms with van der Waals surface area (Å²) in [6.07, 6.45) is 8.47. The van der Waals surface area contributed by atoms with Gasteiger partial charge in [0.2, 0.25) is 0 Å². The van der Waals surface area contributed by atoms with Gasteiger partial charge < -0.3 is 62.9 Å². The molecule has 15 nitrogen and oxygen atoms in total. The van der Waals surface area contributed by atoms with Gasteiger partial charge in [-0.25, -0.2) is 9.97 Å². The molecule has 0 bridgehead atoms. The van der Waals surface area contributed by atoms with Crippen molar-refractivity contribution in [2.75, 3.05) is 88.0 Å². The molecule has 1 aliphatic heterocycles. The number of nitrogen functional groups attached to an aromatic ring is 2. The van der Waals surface area contributed by atoms with Crippen LogP contribution in [0.15, 0.2) is 48.5 Å². The smallest absolute Gasteiger partial charge is 0.274 e. The van der Waals surface area contributed by atoms with Gasteiger partial charge in [-0.1, -0.05) is 58.2 Å². The Bertz CT molecular complexity index is 1650. The fourth-order valence-electron chi connectivity index (χ4n) is 6.63. The Morgan fingerprint density at radius 1 is 0.825 bits per heavy atom. The number of rotatable bonds is 22. The van der Waals surface area contributed by atoms with Crippen LogP contribution in [0.2, 0.25) is 5.15 Å². The van der Waals surface area contributed by atoms with Gasteiger partial charge in [0.1, 0.15) is 23.0 Å². The molecule has 314 valence electrons. The van der Waals surface area contributed by atoms with E-state index in [0.29, 0.717) is 36.1 Å². The first-order valence-corrected chi connectivity index (χ1v) is 22.5. The number of hydrogen-bond donors (Lipinski definition) is 5. The van der Waals surface area contributed by atoms with Crippen LogP contribution in [-0.4, -0.2) is 124 Å². The molecule has 7 N–H and O–H groups in total. The van der Waals surface area contributed by atoms with Crippen molar-refractivity contribution >= 4 is 63.3 Å². The minimum Gasteiger partial charge on any atom is -1.00 e. The molecule has 2 heterocycles. The Morgan fingerprint density at radius 3 is 1.79 bits per heavy atom. The quantitative estimate of drug-likeness (QED) is 0.0609. The second kappa shape index (κ2) is 24.3. The highest BCUT2D eigenvalue weighted by Crippen LogP contribution is 2.25. The Kier molecular flexibility index (Phi) is 20.3. The molecule has 2 aromatic carbocycles. The normalized spacial score (nSPS) is 17.4.